The van der Waals surface area contributed by atoms with Gasteiger partial charge in [0.25, 0.3) is 5.91 Å². The second kappa shape index (κ2) is 5.87. The van der Waals surface area contributed by atoms with E-state index in [-0.39, 0.29) is 17.5 Å². The number of benzene rings is 2. The van der Waals surface area contributed by atoms with Gasteiger partial charge in [-0.2, -0.15) is 0 Å². The van der Waals surface area contributed by atoms with E-state index in [9.17, 15) is 9.59 Å². The van der Waals surface area contributed by atoms with Crippen LogP contribution in [0, 0.1) is 0 Å². The van der Waals surface area contributed by atoms with Crippen LogP contribution in [0.4, 0.5) is 0 Å². The smallest absolute Gasteiger partial charge is 0.323 e. The molecule has 0 unspecified atom stereocenters. The first kappa shape index (κ1) is 16.1. The van der Waals surface area contributed by atoms with E-state index in [0.717, 1.165) is 33.6 Å². The zero-order valence-electron chi connectivity index (χ0n) is 14.8. The maximum atomic E-state index is 11.9. The molecule has 1 amide bonds. The predicted octanol–water partition coefficient (Wildman–Crippen LogP) is 2.68. The molecule has 4 rings (SSSR count). The number of hydrogen-bond donors (Lipinski definition) is 3. The van der Waals surface area contributed by atoms with E-state index in [0.29, 0.717) is 5.56 Å². The molecule has 2 aromatic carbocycles. The summed E-state index contributed by atoms with van der Waals surface area (Å²) in [4.78, 5) is 33.8. The van der Waals surface area contributed by atoms with Crippen molar-refractivity contribution in [2.24, 2.45) is 0 Å². The first-order chi connectivity index (χ1) is 12.5. The van der Waals surface area contributed by atoms with Crippen LogP contribution in [0.1, 0.15) is 35.9 Å². The Hall–Kier alpha value is -3.35. The quantitative estimate of drug-likeness (QED) is 0.530. The number of amides is 1. The van der Waals surface area contributed by atoms with Crippen LogP contribution in [0.3, 0.4) is 0 Å². The SMILES string of the molecule is CNC(=O)c1ccc2c(c1)nc(C(C)C)n2-c1ccc2[nH]c(=O)[nH]c2c1. The lowest BCUT2D eigenvalue weighted by molar-refractivity contribution is 0.0963. The van der Waals surface area contributed by atoms with Gasteiger partial charge in [0.1, 0.15) is 5.82 Å². The Morgan fingerprint density at radius 3 is 2.62 bits per heavy atom. The zero-order valence-corrected chi connectivity index (χ0v) is 14.8. The molecule has 0 fully saturated rings. The molecule has 0 aliphatic carbocycles. The molecular formula is C19H19N5O2. The second-order valence-corrected chi connectivity index (χ2v) is 6.55. The number of aromatic nitrogens is 4. The first-order valence-electron chi connectivity index (χ1n) is 8.45. The van der Waals surface area contributed by atoms with Crippen molar-refractivity contribution in [2.45, 2.75) is 19.8 Å². The molecule has 0 saturated carbocycles. The summed E-state index contributed by atoms with van der Waals surface area (Å²) in [6.07, 6.45) is 0. The monoisotopic (exact) mass is 349 g/mol. The number of H-pyrrole nitrogens is 2. The van der Waals surface area contributed by atoms with Crippen LogP contribution in [0.5, 0.6) is 0 Å². The van der Waals surface area contributed by atoms with Gasteiger partial charge in [0.15, 0.2) is 0 Å². The summed E-state index contributed by atoms with van der Waals surface area (Å²) >= 11 is 0. The van der Waals surface area contributed by atoms with Gasteiger partial charge in [0.2, 0.25) is 0 Å². The Kier molecular flexibility index (Phi) is 3.64. The Labute approximate surface area is 149 Å². The van der Waals surface area contributed by atoms with Crippen LogP contribution in [-0.4, -0.2) is 32.5 Å². The maximum Gasteiger partial charge on any atom is 0.323 e. The maximum absolute atomic E-state index is 11.9. The summed E-state index contributed by atoms with van der Waals surface area (Å²) in [5.41, 5.74) is 4.43. The van der Waals surface area contributed by atoms with Gasteiger partial charge in [-0.3, -0.25) is 9.36 Å². The van der Waals surface area contributed by atoms with Gasteiger partial charge in [-0.1, -0.05) is 13.8 Å². The molecule has 0 radical (unpaired) electrons. The van der Waals surface area contributed by atoms with E-state index in [1.165, 1.54) is 0 Å². The lowest BCUT2D eigenvalue weighted by Gasteiger charge is -2.11. The number of carbonyl (C=O) groups excluding carboxylic acids is 1. The van der Waals surface area contributed by atoms with Crippen molar-refractivity contribution in [1.82, 2.24) is 24.8 Å². The predicted molar refractivity (Wildman–Crippen MR) is 101 cm³/mol. The van der Waals surface area contributed by atoms with E-state index in [1.807, 2.05) is 24.3 Å². The summed E-state index contributed by atoms with van der Waals surface area (Å²) in [6.45, 7) is 4.15. The van der Waals surface area contributed by atoms with Crippen LogP contribution in [0.25, 0.3) is 27.8 Å². The Morgan fingerprint density at radius 1 is 1.12 bits per heavy atom. The van der Waals surface area contributed by atoms with Crippen molar-refractivity contribution in [3.63, 3.8) is 0 Å². The van der Waals surface area contributed by atoms with Gasteiger partial charge in [-0.05, 0) is 36.4 Å². The number of nitrogens with zero attached hydrogens (tertiary/aromatic N) is 2. The molecule has 132 valence electrons. The molecule has 26 heavy (non-hydrogen) atoms. The fraction of sp³-hybridized carbons (Fsp3) is 0.211. The Balaban J connectivity index is 1.97. The van der Waals surface area contributed by atoms with Gasteiger partial charge in [-0.15, -0.1) is 0 Å². The van der Waals surface area contributed by atoms with Gasteiger partial charge in [0.05, 0.1) is 22.1 Å². The van der Waals surface area contributed by atoms with E-state index >= 15 is 0 Å². The lowest BCUT2D eigenvalue weighted by Crippen LogP contribution is -2.17. The molecule has 0 atom stereocenters. The van der Waals surface area contributed by atoms with Crippen molar-refractivity contribution < 1.29 is 4.79 Å². The number of nitrogens with one attached hydrogen (secondary N) is 3. The highest BCUT2D eigenvalue weighted by atomic mass is 16.1. The highest BCUT2D eigenvalue weighted by Gasteiger charge is 2.17. The van der Waals surface area contributed by atoms with Crippen molar-refractivity contribution in [3.05, 3.63) is 58.3 Å². The fourth-order valence-electron chi connectivity index (χ4n) is 3.20. The standard InChI is InChI=1S/C19H19N5O2/c1-10(2)17-21-15-8-11(18(25)20-3)4-7-16(15)24(17)12-5-6-13-14(9-12)23-19(26)22-13/h4-10H,1-3H3,(H,20,25)(H2,22,23,26). The van der Waals surface area contributed by atoms with E-state index in [4.69, 9.17) is 4.98 Å². The normalized spacial score (nSPS) is 11.5. The molecule has 7 heteroatoms. The molecule has 0 aliphatic heterocycles. The van der Waals surface area contributed by atoms with Crippen LogP contribution >= 0.6 is 0 Å². The molecule has 0 spiro atoms. The van der Waals surface area contributed by atoms with Crippen molar-refractivity contribution in [1.29, 1.82) is 0 Å². The third-order valence-electron chi connectivity index (χ3n) is 4.44. The van der Waals surface area contributed by atoms with Gasteiger partial charge in [0, 0.05) is 24.2 Å². The molecule has 0 bridgehead atoms. The van der Waals surface area contributed by atoms with Crippen molar-refractivity contribution >= 4 is 28.0 Å². The van der Waals surface area contributed by atoms with Crippen LogP contribution < -0.4 is 11.0 Å². The van der Waals surface area contributed by atoms with E-state index in [1.54, 1.807) is 19.2 Å². The largest absolute Gasteiger partial charge is 0.355 e. The highest BCUT2D eigenvalue weighted by Crippen LogP contribution is 2.28. The number of hydrogen-bond acceptors (Lipinski definition) is 3. The molecule has 2 heterocycles. The number of aromatic amines is 2. The topological polar surface area (TPSA) is 95.6 Å². The van der Waals surface area contributed by atoms with E-state index < -0.39 is 0 Å². The Bertz CT molecular complexity index is 1200. The number of imidazole rings is 2. The summed E-state index contributed by atoms with van der Waals surface area (Å²) in [6, 6.07) is 11.2. The average molecular weight is 349 g/mol. The van der Waals surface area contributed by atoms with Crippen LogP contribution in [-0.2, 0) is 0 Å². The summed E-state index contributed by atoms with van der Waals surface area (Å²) in [7, 11) is 1.61. The minimum Gasteiger partial charge on any atom is -0.355 e. The number of carbonyl (C=O) groups is 1. The highest BCUT2D eigenvalue weighted by molar-refractivity contribution is 5.97. The fourth-order valence-corrected chi connectivity index (χ4v) is 3.20. The van der Waals surface area contributed by atoms with Gasteiger partial charge >= 0.3 is 5.69 Å². The molecule has 0 saturated heterocycles. The first-order valence-corrected chi connectivity index (χ1v) is 8.45. The number of fused-ring (bicyclic) bond motifs is 2. The lowest BCUT2D eigenvalue weighted by atomic mass is 10.1. The molecular weight excluding hydrogens is 330 g/mol. The molecule has 2 aromatic heterocycles. The average Bonchev–Trinajstić information content (AvgIpc) is 3.19. The minimum absolute atomic E-state index is 0.140. The van der Waals surface area contributed by atoms with Gasteiger partial charge < -0.3 is 15.3 Å². The van der Waals surface area contributed by atoms with E-state index in [2.05, 4.69) is 33.7 Å². The summed E-state index contributed by atoms with van der Waals surface area (Å²) in [5.74, 6) is 0.942. The summed E-state index contributed by atoms with van der Waals surface area (Å²) in [5, 5.41) is 2.63. The summed E-state index contributed by atoms with van der Waals surface area (Å²) < 4.78 is 2.07. The molecule has 4 aromatic rings. The van der Waals surface area contributed by atoms with Crippen molar-refractivity contribution in [3.8, 4) is 5.69 Å². The van der Waals surface area contributed by atoms with Crippen molar-refractivity contribution in [2.75, 3.05) is 7.05 Å². The number of rotatable bonds is 3. The third-order valence-corrected chi connectivity index (χ3v) is 4.44. The minimum atomic E-state index is -0.230. The zero-order chi connectivity index (χ0) is 18.4. The Morgan fingerprint density at radius 2 is 1.88 bits per heavy atom. The molecule has 0 aliphatic rings. The third kappa shape index (κ3) is 2.48. The molecule has 7 nitrogen and oxygen atoms in total. The second-order valence-electron chi connectivity index (χ2n) is 6.55. The molecule has 3 N–H and O–H groups in total. The van der Waals surface area contributed by atoms with Crippen LogP contribution in [0.2, 0.25) is 0 Å². The van der Waals surface area contributed by atoms with Crippen LogP contribution in [0.15, 0.2) is 41.2 Å². The van der Waals surface area contributed by atoms with Gasteiger partial charge in [-0.25, -0.2) is 9.78 Å².